The minimum atomic E-state index is -0.541. The Labute approximate surface area is 162 Å². The number of nitrogens with two attached hydrogens (primary N) is 1. The summed E-state index contributed by atoms with van der Waals surface area (Å²) in [6.07, 6.45) is 1.67. The molecule has 0 fully saturated rings. The Morgan fingerprint density at radius 3 is 2.75 bits per heavy atom. The van der Waals surface area contributed by atoms with Gasteiger partial charge in [0.05, 0.1) is 29.4 Å². The van der Waals surface area contributed by atoms with E-state index in [4.69, 9.17) is 10.5 Å². The topological polar surface area (TPSA) is 89.3 Å². The molecule has 1 heterocycles. The average Bonchev–Trinajstić information content (AvgIpc) is 2.68. The summed E-state index contributed by atoms with van der Waals surface area (Å²) in [5, 5.41) is 7.37. The monoisotopic (exact) mass is 382 g/mol. The minimum Gasteiger partial charge on any atom is -0.380 e. The van der Waals surface area contributed by atoms with Crippen molar-refractivity contribution in [1.29, 1.82) is 0 Å². The maximum Gasteiger partial charge on any atom is 0.250 e. The number of anilines is 1. The zero-order chi connectivity index (χ0) is 20.1. The first-order chi connectivity index (χ1) is 13.5. The normalized spacial score (nSPS) is 12.1. The summed E-state index contributed by atoms with van der Waals surface area (Å²) < 4.78 is 19.1. The lowest BCUT2D eigenvalue weighted by atomic mass is 10.0. The quantitative estimate of drug-likeness (QED) is 0.557. The summed E-state index contributed by atoms with van der Waals surface area (Å²) in [5.41, 5.74) is 8.77. The zero-order valence-electron chi connectivity index (χ0n) is 15.8. The number of benzene rings is 2. The van der Waals surface area contributed by atoms with Crippen LogP contribution in [0.1, 0.15) is 27.5 Å². The molecule has 0 saturated carbocycles. The summed E-state index contributed by atoms with van der Waals surface area (Å²) >= 11 is 0. The number of halogens is 1. The molecule has 1 amide bonds. The fraction of sp³-hybridized carbons (Fsp3) is 0.238. The van der Waals surface area contributed by atoms with Gasteiger partial charge in [0, 0.05) is 30.8 Å². The molecule has 0 radical (unpaired) electrons. The molecule has 0 aliphatic rings. The Kier molecular flexibility index (Phi) is 6.18. The van der Waals surface area contributed by atoms with E-state index in [9.17, 15) is 9.18 Å². The van der Waals surface area contributed by atoms with E-state index in [2.05, 4.69) is 15.6 Å². The third-order valence-corrected chi connectivity index (χ3v) is 4.52. The van der Waals surface area contributed by atoms with Crippen LogP contribution >= 0.6 is 0 Å². The van der Waals surface area contributed by atoms with Crippen molar-refractivity contribution in [2.24, 2.45) is 5.73 Å². The molecule has 0 unspecified atom stereocenters. The lowest BCUT2D eigenvalue weighted by Gasteiger charge is -2.23. The van der Waals surface area contributed by atoms with Gasteiger partial charge in [-0.05, 0) is 30.8 Å². The van der Waals surface area contributed by atoms with Crippen LogP contribution in [0.25, 0.3) is 10.9 Å². The third-order valence-electron chi connectivity index (χ3n) is 4.52. The van der Waals surface area contributed by atoms with Crippen molar-refractivity contribution >= 4 is 22.5 Å². The molecule has 4 N–H and O–H groups in total. The smallest absolute Gasteiger partial charge is 0.250 e. The maximum atomic E-state index is 13.8. The number of para-hydroxylation sites is 1. The highest BCUT2D eigenvalue weighted by Crippen LogP contribution is 2.31. The number of hydrogen-bond acceptors (Lipinski definition) is 5. The Bertz CT molecular complexity index is 993. The Morgan fingerprint density at radius 2 is 2.07 bits per heavy atom. The molecule has 7 heteroatoms. The SMILES string of the molecule is CNC[C@@H](Nc1c(COC)cnc2c(C(N)=O)cccc12)c1cccc(F)c1. The van der Waals surface area contributed by atoms with E-state index >= 15 is 0 Å². The molecule has 28 heavy (non-hydrogen) atoms. The van der Waals surface area contributed by atoms with Crippen molar-refractivity contribution in [2.45, 2.75) is 12.6 Å². The molecule has 3 rings (SSSR count). The zero-order valence-corrected chi connectivity index (χ0v) is 15.8. The van der Waals surface area contributed by atoms with E-state index in [0.717, 1.165) is 22.2 Å². The van der Waals surface area contributed by atoms with Crippen LogP contribution in [0.4, 0.5) is 10.1 Å². The van der Waals surface area contributed by atoms with Gasteiger partial charge in [-0.1, -0.05) is 24.3 Å². The number of likely N-dealkylation sites (N-methyl/N-ethyl adjacent to an activating group) is 1. The molecule has 0 saturated heterocycles. The van der Waals surface area contributed by atoms with Crippen molar-refractivity contribution < 1.29 is 13.9 Å². The predicted molar refractivity (Wildman–Crippen MR) is 108 cm³/mol. The minimum absolute atomic E-state index is 0.209. The van der Waals surface area contributed by atoms with E-state index in [-0.39, 0.29) is 11.9 Å². The van der Waals surface area contributed by atoms with E-state index in [0.29, 0.717) is 24.2 Å². The number of nitrogens with zero attached hydrogens (tertiary/aromatic N) is 1. The summed E-state index contributed by atoms with van der Waals surface area (Å²) in [5.74, 6) is -0.839. The van der Waals surface area contributed by atoms with Crippen LogP contribution in [0.5, 0.6) is 0 Å². The van der Waals surface area contributed by atoms with Crippen LogP contribution in [0.2, 0.25) is 0 Å². The molecule has 1 aromatic heterocycles. The lowest BCUT2D eigenvalue weighted by Crippen LogP contribution is -2.24. The number of primary amides is 1. The number of nitrogens with one attached hydrogen (secondary N) is 2. The summed E-state index contributed by atoms with van der Waals surface area (Å²) in [7, 11) is 3.44. The number of ether oxygens (including phenoxy) is 1. The van der Waals surface area contributed by atoms with E-state index in [1.165, 1.54) is 12.1 Å². The van der Waals surface area contributed by atoms with Crippen LogP contribution in [0.15, 0.2) is 48.7 Å². The number of fused-ring (bicyclic) bond motifs is 1. The molecule has 0 aliphatic heterocycles. The van der Waals surface area contributed by atoms with Crippen LogP contribution in [0.3, 0.4) is 0 Å². The number of aromatic nitrogens is 1. The molecule has 0 spiro atoms. The number of methoxy groups -OCH3 is 1. The van der Waals surface area contributed by atoms with E-state index < -0.39 is 5.91 Å². The van der Waals surface area contributed by atoms with Crippen LogP contribution in [-0.2, 0) is 11.3 Å². The molecule has 1 atom stereocenters. The molecule has 2 aromatic carbocycles. The number of amides is 1. The van der Waals surface area contributed by atoms with Gasteiger partial charge in [0.1, 0.15) is 5.82 Å². The van der Waals surface area contributed by atoms with Gasteiger partial charge in [0.15, 0.2) is 0 Å². The number of rotatable bonds is 8. The first kappa shape index (κ1) is 19.7. The van der Waals surface area contributed by atoms with Crippen molar-refractivity contribution in [3.63, 3.8) is 0 Å². The van der Waals surface area contributed by atoms with Crippen LogP contribution in [0, 0.1) is 5.82 Å². The summed E-state index contributed by atoms with van der Waals surface area (Å²) in [6.45, 7) is 0.900. The largest absolute Gasteiger partial charge is 0.380 e. The number of pyridine rings is 1. The Hall–Kier alpha value is -3.03. The second-order valence-corrected chi connectivity index (χ2v) is 6.47. The van der Waals surface area contributed by atoms with Gasteiger partial charge in [0.2, 0.25) is 0 Å². The van der Waals surface area contributed by atoms with Gasteiger partial charge in [-0.3, -0.25) is 9.78 Å². The number of carbonyl (C=O) groups is 1. The molecule has 0 bridgehead atoms. The predicted octanol–water partition coefficient (Wildman–Crippen LogP) is 2.99. The Balaban J connectivity index is 2.14. The van der Waals surface area contributed by atoms with Crippen molar-refractivity contribution in [1.82, 2.24) is 10.3 Å². The molecular weight excluding hydrogens is 359 g/mol. The maximum absolute atomic E-state index is 13.8. The lowest BCUT2D eigenvalue weighted by molar-refractivity contribution is 0.100. The second kappa shape index (κ2) is 8.77. The van der Waals surface area contributed by atoms with Crippen LogP contribution in [-0.4, -0.2) is 31.6 Å². The highest BCUT2D eigenvalue weighted by molar-refractivity contribution is 6.08. The average molecular weight is 382 g/mol. The van der Waals surface area contributed by atoms with Gasteiger partial charge in [-0.15, -0.1) is 0 Å². The van der Waals surface area contributed by atoms with Crippen molar-refractivity contribution in [2.75, 3.05) is 26.0 Å². The highest BCUT2D eigenvalue weighted by Gasteiger charge is 2.18. The molecule has 0 aliphatic carbocycles. The van der Waals surface area contributed by atoms with Crippen molar-refractivity contribution in [3.8, 4) is 0 Å². The number of hydrogen-bond donors (Lipinski definition) is 3. The van der Waals surface area contributed by atoms with Gasteiger partial charge >= 0.3 is 0 Å². The van der Waals surface area contributed by atoms with Gasteiger partial charge < -0.3 is 21.1 Å². The fourth-order valence-electron chi connectivity index (χ4n) is 3.25. The van der Waals surface area contributed by atoms with Gasteiger partial charge in [-0.25, -0.2) is 4.39 Å². The molecule has 146 valence electrons. The van der Waals surface area contributed by atoms with Gasteiger partial charge in [0.25, 0.3) is 5.91 Å². The van der Waals surface area contributed by atoms with Crippen molar-refractivity contribution in [3.05, 3.63) is 71.2 Å². The van der Waals surface area contributed by atoms with E-state index in [1.807, 2.05) is 19.2 Å². The molecular formula is C21H23FN4O2. The highest BCUT2D eigenvalue weighted by atomic mass is 19.1. The first-order valence-corrected chi connectivity index (χ1v) is 8.91. The third kappa shape index (κ3) is 4.11. The number of carbonyl (C=O) groups excluding carboxylic acids is 1. The van der Waals surface area contributed by atoms with Crippen LogP contribution < -0.4 is 16.4 Å². The molecule has 3 aromatic rings. The first-order valence-electron chi connectivity index (χ1n) is 8.91. The summed E-state index contributed by atoms with van der Waals surface area (Å²) in [4.78, 5) is 16.2. The standard InChI is InChI=1S/C21H23FN4O2/c1-24-11-18(13-5-3-6-15(22)9-13)26-19-14(12-28-2)10-25-20-16(19)7-4-8-17(20)21(23)27/h3-10,18,24H,11-12H2,1-2H3,(H2,23,27)(H,25,26)/t18-/m1/s1. The second-order valence-electron chi connectivity index (χ2n) is 6.47. The Morgan fingerprint density at radius 1 is 1.29 bits per heavy atom. The molecule has 6 nitrogen and oxygen atoms in total. The fourth-order valence-corrected chi connectivity index (χ4v) is 3.25. The van der Waals surface area contributed by atoms with Gasteiger partial charge in [-0.2, -0.15) is 0 Å². The van der Waals surface area contributed by atoms with E-state index in [1.54, 1.807) is 31.5 Å². The summed E-state index contributed by atoms with van der Waals surface area (Å²) in [6, 6.07) is 11.5.